The Bertz CT molecular complexity index is 178. The SMILES string of the molecule is CCCCCNN=S(=O)=O. The Balaban J connectivity index is 3.14. The maximum absolute atomic E-state index is 9.80. The van der Waals surface area contributed by atoms with Crippen molar-refractivity contribution in [1.29, 1.82) is 0 Å². The van der Waals surface area contributed by atoms with E-state index in [1.54, 1.807) is 0 Å². The van der Waals surface area contributed by atoms with Crippen LogP contribution in [0.2, 0.25) is 0 Å². The maximum Gasteiger partial charge on any atom is 0.327 e. The zero-order valence-corrected chi connectivity index (χ0v) is 6.82. The van der Waals surface area contributed by atoms with Gasteiger partial charge in [-0.1, -0.05) is 24.2 Å². The summed E-state index contributed by atoms with van der Waals surface area (Å²) in [5.41, 5.74) is 2.43. The number of hydrogen-bond donors (Lipinski definition) is 1. The number of rotatable bonds is 5. The van der Waals surface area contributed by atoms with Crippen molar-refractivity contribution in [3.8, 4) is 0 Å². The Labute approximate surface area is 62.3 Å². The molecule has 0 unspecified atom stereocenters. The number of unbranched alkanes of at least 4 members (excludes halogenated alkanes) is 2. The summed E-state index contributed by atoms with van der Waals surface area (Å²) >= 11 is 0. The molecule has 0 aromatic carbocycles. The Hall–Kier alpha value is -0.420. The molecule has 10 heavy (non-hydrogen) atoms. The first kappa shape index (κ1) is 9.58. The van der Waals surface area contributed by atoms with Crippen LogP contribution >= 0.6 is 0 Å². The highest BCUT2D eigenvalue weighted by molar-refractivity contribution is 7.61. The summed E-state index contributed by atoms with van der Waals surface area (Å²) in [7, 11) is -2.31. The minimum Gasteiger partial charge on any atom is -0.198 e. The second-order valence-corrected chi connectivity index (χ2v) is 2.54. The smallest absolute Gasteiger partial charge is 0.198 e. The Morgan fingerprint density at radius 1 is 1.40 bits per heavy atom. The third-order valence-corrected chi connectivity index (χ3v) is 1.31. The summed E-state index contributed by atoms with van der Waals surface area (Å²) in [6.07, 6.45) is 3.20. The topological polar surface area (TPSA) is 58.5 Å². The van der Waals surface area contributed by atoms with E-state index in [9.17, 15) is 8.42 Å². The van der Waals surface area contributed by atoms with E-state index in [-0.39, 0.29) is 0 Å². The molecule has 0 fully saturated rings. The van der Waals surface area contributed by atoms with E-state index < -0.39 is 10.5 Å². The third kappa shape index (κ3) is 7.58. The van der Waals surface area contributed by atoms with Crippen LogP contribution in [0.15, 0.2) is 4.47 Å². The molecule has 60 valence electrons. The minimum absolute atomic E-state index is 0.641. The molecule has 0 amide bonds. The van der Waals surface area contributed by atoms with E-state index in [0.717, 1.165) is 19.3 Å². The zero-order chi connectivity index (χ0) is 7.82. The molecule has 0 aromatic rings. The van der Waals surface area contributed by atoms with Crippen LogP contribution in [0.5, 0.6) is 0 Å². The summed E-state index contributed by atoms with van der Waals surface area (Å²) in [6, 6.07) is 0. The molecule has 0 saturated heterocycles. The lowest BCUT2D eigenvalue weighted by atomic mass is 10.3. The average Bonchev–Trinajstić information content (AvgIpc) is 1.87. The summed E-state index contributed by atoms with van der Waals surface area (Å²) in [4.78, 5) is 0. The van der Waals surface area contributed by atoms with E-state index in [1.807, 2.05) is 0 Å². The van der Waals surface area contributed by atoms with Crippen molar-refractivity contribution in [3.63, 3.8) is 0 Å². The number of nitrogens with zero attached hydrogens (tertiary/aromatic N) is 1. The van der Waals surface area contributed by atoms with Crippen LogP contribution in [0.1, 0.15) is 26.2 Å². The lowest BCUT2D eigenvalue weighted by Gasteiger charge is -1.92. The third-order valence-electron chi connectivity index (χ3n) is 1.03. The first-order valence-electron chi connectivity index (χ1n) is 3.30. The van der Waals surface area contributed by atoms with Crippen LogP contribution in [0.3, 0.4) is 0 Å². The van der Waals surface area contributed by atoms with Gasteiger partial charge in [-0.3, -0.25) is 0 Å². The minimum atomic E-state index is -2.31. The van der Waals surface area contributed by atoms with Crippen LogP contribution in [0.4, 0.5) is 0 Å². The molecule has 0 saturated carbocycles. The molecule has 0 atom stereocenters. The first-order chi connectivity index (χ1) is 4.77. The summed E-state index contributed by atoms with van der Waals surface area (Å²) in [5, 5.41) is 0. The molecule has 4 nitrogen and oxygen atoms in total. The van der Waals surface area contributed by atoms with Crippen LogP contribution in [-0.4, -0.2) is 15.0 Å². The molecule has 0 rings (SSSR count). The van der Waals surface area contributed by atoms with Crippen molar-refractivity contribution >= 4 is 10.5 Å². The molecule has 0 aromatic heterocycles. The number of hydrogen-bond acceptors (Lipinski definition) is 3. The summed E-state index contributed by atoms with van der Waals surface area (Å²) in [5.74, 6) is 0. The summed E-state index contributed by atoms with van der Waals surface area (Å²) in [6.45, 7) is 2.73. The van der Waals surface area contributed by atoms with Crippen LogP contribution in [-0.2, 0) is 10.5 Å². The number of nitrogens with one attached hydrogen (secondary N) is 1. The zero-order valence-electron chi connectivity index (χ0n) is 6.00. The van der Waals surface area contributed by atoms with Gasteiger partial charge in [-0.15, -0.1) is 0 Å². The Morgan fingerprint density at radius 3 is 2.60 bits per heavy atom. The molecular weight excluding hydrogens is 152 g/mol. The molecule has 0 aliphatic heterocycles. The van der Waals surface area contributed by atoms with Crippen molar-refractivity contribution < 1.29 is 8.42 Å². The van der Waals surface area contributed by atoms with Gasteiger partial charge in [0.05, 0.1) is 0 Å². The van der Waals surface area contributed by atoms with Crippen LogP contribution in [0, 0.1) is 0 Å². The fourth-order valence-corrected chi connectivity index (χ4v) is 0.749. The largest absolute Gasteiger partial charge is 0.327 e. The predicted octanol–water partition coefficient (Wildman–Crippen LogP) is 0.744. The quantitative estimate of drug-likeness (QED) is 0.481. The monoisotopic (exact) mass is 164 g/mol. The molecule has 0 aliphatic carbocycles. The van der Waals surface area contributed by atoms with E-state index in [2.05, 4.69) is 16.8 Å². The van der Waals surface area contributed by atoms with Gasteiger partial charge in [0.2, 0.25) is 0 Å². The fourth-order valence-electron chi connectivity index (χ4n) is 0.552. The van der Waals surface area contributed by atoms with E-state index in [4.69, 9.17) is 0 Å². The highest BCUT2D eigenvalue weighted by Gasteiger charge is 1.82. The maximum atomic E-state index is 9.80. The van der Waals surface area contributed by atoms with E-state index in [0.29, 0.717) is 6.54 Å². The second kappa shape index (κ2) is 6.70. The van der Waals surface area contributed by atoms with Gasteiger partial charge in [0.25, 0.3) is 0 Å². The summed E-state index contributed by atoms with van der Waals surface area (Å²) < 4.78 is 22.7. The van der Waals surface area contributed by atoms with Gasteiger partial charge in [0.1, 0.15) is 0 Å². The Morgan fingerprint density at radius 2 is 2.10 bits per heavy atom. The van der Waals surface area contributed by atoms with Gasteiger partial charge in [-0.25, -0.2) is 0 Å². The molecule has 1 N–H and O–H groups in total. The standard InChI is InChI=1S/C5H12N2O2S/c1-2-3-4-5-6-7-10(8)9/h6H,2-5H2,1H3. The van der Waals surface area contributed by atoms with Gasteiger partial charge in [0.15, 0.2) is 0 Å². The highest BCUT2D eigenvalue weighted by atomic mass is 32.2. The predicted molar refractivity (Wildman–Crippen MR) is 38.9 cm³/mol. The molecule has 0 aliphatic rings. The van der Waals surface area contributed by atoms with Gasteiger partial charge in [-0.05, 0) is 6.42 Å². The molecule has 0 heterocycles. The van der Waals surface area contributed by atoms with E-state index >= 15 is 0 Å². The van der Waals surface area contributed by atoms with Crippen molar-refractivity contribution in [1.82, 2.24) is 5.43 Å². The molecule has 0 radical (unpaired) electrons. The van der Waals surface area contributed by atoms with Crippen molar-refractivity contribution in [2.75, 3.05) is 6.54 Å². The molecular formula is C5H12N2O2S. The van der Waals surface area contributed by atoms with Crippen LogP contribution in [0.25, 0.3) is 0 Å². The normalized spacial score (nSPS) is 9.30. The molecule has 5 heteroatoms. The van der Waals surface area contributed by atoms with Gasteiger partial charge in [0, 0.05) is 6.54 Å². The Kier molecular flexibility index (Phi) is 6.42. The lowest BCUT2D eigenvalue weighted by Crippen LogP contribution is -2.05. The average molecular weight is 164 g/mol. The molecule has 0 bridgehead atoms. The first-order valence-corrected chi connectivity index (χ1v) is 4.33. The fraction of sp³-hybridized carbons (Fsp3) is 1.00. The van der Waals surface area contributed by atoms with Crippen molar-refractivity contribution in [3.05, 3.63) is 0 Å². The van der Waals surface area contributed by atoms with Gasteiger partial charge < -0.3 is 0 Å². The second-order valence-electron chi connectivity index (χ2n) is 1.92. The van der Waals surface area contributed by atoms with E-state index in [1.165, 1.54) is 0 Å². The van der Waals surface area contributed by atoms with Crippen molar-refractivity contribution in [2.24, 2.45) is 4.47 Å². The van der Waals surface area contributed by atoms with Crippen LogP contribution < -0.4 is 5.43 Å². The van der Waals surface area contributed by atoms with Gasteiger partial charge >= 0.3 is 10.5 Å². The lowest BCUT2D eigenvalue weighted by molar-refractivity contribution is 0.603. The highest BCUT2D eigenvalue weighted by Crippen LogP contribution is 1.90. The van der Waals surface area contributed by atoms with Crippen molar-refractivity contribution in [2.45, 2.75) is 26.2 Å². The molecule has 0 spiro atoms. The van der Waals surface area contributed by atoms with Gasteiger partial charge in [-0.2, -0.15) is 13.8 Å².